The van der Waals surface area contributed by atoms with Crippen LogP contribution in [-0.2, 0) is 51.2 Å². The molecular weight excluding hydrogens is 724 g/mol. The number of rotatable bonds is 14. The van der Waals surface area contributed by atoms with Gasteiger partial charge >= 0.3 is 23.9 Å². The zero-order valence-corrected chi connectivity index (χ0v) is 30.4. The number of nitrogens with two attached hydrogens (primary N) is 1. The summed E-state index contributed by atoms with van der Waals surface area (Å²) in [5.74, 6) is -1.12. The highest BCUT2D eigenvalue weighted by Gasteiger charge is 2.42. The van der Waals surface area contributed by atoms with Crippen molar-refractivity contribution in [1.82, 2.24) is 4.90 Å². The minimum atomic E-state index is -0.380. The van der Waals surface area contributed by atoms with Gasteiger partial charge in [-0.05, 0) is 64.5 Å². The van der Waals surface area contributed by atoms with Gasteiger partial charge in [0.25, 0.3) is 0 Å². The first kappa shape index (κ1) is 41.2. The second-order valence-electron chi connectivity index (χ2n) is 9.98. The van der Waals surface area contributed by atoms with E-state index in [0.717, 1.165) is 5.56 Å². The van der Waals surface area contributed by atoms with Crippen molar-refractivity contribution in [3.05, 3.63) is 71.8 Å². The summed E-state index contributed by atoms with van der Waals surface area (Å²) in [6, 6.07) is 19.0. The minimum Gasteiger partial charge on any atom is -0.465 e. The molecule has 0 amide bonds. The van der Waals surface area contributed by atoms with Crippen molar-refractivity contribution in [3.63, 3.8) is 0 Å². The molecule has 2 aromatic rings. The molecule has 1 aliphatic rings. The molecule has 4 atom stereocenters. The first-order valence-corrected chi connectivity index (χ1v) is 17.4. The molecule has 256 valence electrons. The van der Waals surface area contributed by atoms with Crippen LogP contribution in [0, 0.1) is 0 Å². The number of benzene rings is 2. The van der Waals surface area contributed by atoms with Crippen LogP contribution in [0.5, 0.6) is 0 Å². The normalized spacial score (nSPS) is 16.8. The summed E-state index contributed by atoms with van der Waals surface area (Å²) in [4.78, 5) is 48.0. The average Bonchev–Trinajstić information content (AvgIpc) is 3.49. The van der Waals surface area contributed by atoms with Crippen LogP contribution in [0.15, 0.2) is 60.7 Å². The van der Waals surface area contributed by atoms with Crippen LogP contribution < -0.4 is 5.73 Å². The third-order valence-corrected chi connectivity index (χ3v) is 8.34. The topological polar surface area (TPSA) is 134 Å². The molecule has 46 heavy (non-hydrogen) atoms. The molecule has 2 N–H and O–H groups in total. The molecule has 1 aliphatic heterocycles. The van der Waals surface area contributed by atoms with E-state index in [0.29, 0.717) is 65.2 Å². The molecule has 1 fully saturated rings. The van der Waals surface area contributed by atoms with Crippen molar-refractivity contribution in [1.29, 1.82) is 0 Å². The van der Waals surface area contributed by atoms with Crippen LogP contribution in [0.2, 0.25) is 0 Å². The average molecular weight is 773 g/mol. The third-order valence-electron chi connectivity index (χ3n) is 6.68. The lowest BCUT2D eigenvalue weighted by molar-refractivity contribution is -0.154. The number of carbonyl (C=O) groups excluding carboxylic acids is 4. The predicted octanol–water partition coefficient (Wildman–Crippen LogP) is 5.71. The van der Waals surface area contributed by atoms with Gasteiger partial charge in [-0.3, -0.25) is 24.1 Å². The summed E-state index contributed by atoms with van der Waals surface area (Å²) >= 11 is 6.43. The molecule has 1 saturated heterocycles. The van der Waals surface area contributed by atoms with E-state index in [-0.39, 0.29) is 45.6 Å². The highest BCUT2D eigenvalue weighted by molar-refractivity contribution is 9.10. The maximum atomic E-state index is 12.2. The zero-order valence-electron chi connectivity index (χ0n) is 27.2. The van der Waals surface area contributed by atoms with Crippen LogP contribution in [0.4, 0.5) is 0 Å². The van der Waals surface area contributed by atoms with Gasteiger partial charge < -0.3 is 24.7 Å². The fourth-order valence-corrected chi connectivity index (χ4v) is 5.26. The second-order valence-corrected chi connectivity index (χ2v) is 12.2. The van der Waals surface area contributed by atoms with Crippen molar-refractivity contribution in [2.45, 2.75) is 88.2 Å². The van der Waals surface area contributed by atoms with Gasteiger partial charge in [0.15, 0.2) is 0 Å². The summed E-state index contributed by atoms with van der Waals surface area (Å²) in [6.45, 7) is 9.67. The van der Waals surface area contributed by atoms with E-state index in [4.69, 9.17) is 24.7 Å². The Kier molecular flexibility index (Phi) is 21.9. The fraction of sp³-hybridized carbons (Fsp3) is 0.529. The van der Waals surface area contributed by atoms with Crippen LogP contribution in [0.1, 0.15) is 64.5 Å². The summed E-state index contributed by atoms with van der Waals surface area (Å²) in [5.41, 5.74) is 7.60. The molecule has 0 aromatic heterocycles. The number of alkyl halides is 2. The largest absolute Gasteiger partial charge is 0.465 e. The lowest BCUT2D eigenvalue weighted by Gasteiger charge is -2.27. The lowest BCUT2D eigenvalue weighted by atomic mass is 10.2. The Hall–Kier alpha value is -2.80. The highest BCUT2D eigenvalue weighted by atomic mass is 79.9. The number of esters is 4. The highest BCUT2D eigenvalue weighted by Crippen LogP contribution is 2.28. The number of halogens is 2. The van der Waals surface area contributed by atoms with Crippen molar-refractivity contribution in [2.75, 3.05) is 26.4 Å². The van der Waals surface area contributed by atoms with Crippen LogP contribution in [0.25, 0.3) is 0 Å². The summed E-state index contributed by atoms with van der Waals surface area (Å²) < 4.78 is 20.0. The van der Waals surface area contributed by atoms with E-state index in [9.17, 15) is 19.2 Å². The van der Waals surface area contributed by atoms with Gasteiger partial charge in [0, 0.05) is 13.1 Å². The third kappa shape index (κ3) is 15.7. The summed E-state index contributed by atoms with van der Waals surface area (Å²) in [5, 5.41) is 0. The number of hydrogen-bond acceptors (Lipinski definition) is 10. The first-order chi connectivity index (χ1) is 22.1. The van der Waals surface area contributed by atoms with Crippen LogP contribution in [-0.4, -0.2) is 76.9 Å². The Labute approximate surface area is 289 Å². The second kappa shape index (κ2) is 24.4. The monoisotopic (exact) mass is 770 g/mol. The van der Waals surface area contributed by atoms with E-state index in [2.05, 4.69) is 31.9 Å². The van der Waals surface area contributed by atoms with Gasteiger partial charge in [0.1, 0.15) is 21.7 Å². The zero-order chi connectivity index (χ0) is 34.3. The minimum absolute atomic E-state index is 0.259. The fourth-order valence-electron chi connectivity index (χ4n) is 4.47. The van der Waals surface area contributed by atoms with Gasteiger partial charge in [-0.15, -0.1) is 0 Å². The van der Waals surface area contributed by atoms with E-state index >= 15 is 0 Å². The summed E-state index contributed by atoms with van der Waals surface area (Å²) in [7, 11) is 0. The standard InChI is InChI=1S/C17H23NO4.C10H16Br2O4.C7H9N/c1-3-21-16(19)14-10-11-15(17(20)22-4-2)18(14)12-13-8-6-5-7-9-13;1-3-15-9(13)7(11)5-6-8(12)10(14)16-4-2;8-6-7-4-2-1-3-5-7/h5-9,14-15H,3-4,10-12H2,1-2H3;7-8H,3-6H2,1-2H3;1-5H,6,8H2/t14-,15+;7-,8+;. The smallest absolute Gasteiger partial charge is 0.323 e. The number of ether oxygens (including phenoxy) is 4. The number of nitrogens with zero attached hydrogens (tertiary/aromatic N) is 1. The van der Waals surface area contributed by atoms with Gasteiger partial charge in [-0.2, -0.15) is 0 Å². The van der Waals surface area contributed by atoms with Gasteiger partial charge in [-0.1, -0.05) is 92.5 Å². The number of hydrogen-bond donors (Lipinski definition) is 1. The molecule has 3 rings (SSSR count). The van der Waals surface area contributed by atoms with Crippen molar-refractivity contribution >= 4 is 55.7 Å². The molecule has 0 radical (unpaired) electrons. The Bertz CT molecular complexity index is 1110. The quantitative estimate of drug-likeness (QED) is 0.145. The summed E-state index contributed by atoms with van der Waals surface area (Å²) in [6.07, 6.45) is 2.28. The van der Waals surface area contributed by atoms with Gasteiger partial charge in [0.2, 0.25) is 0 Å². The molecule has 10 nitrogen and oxygen atoms in total. The first-order valence-electron chi connectivity index (χ1n) is 15.6. The maximum Gasteiger partial charge on any atom is 0.323 e. The molecule has 0 bridgehead atoms. The van der Waals surface area contributed by atoms with Crippen molar-refractivity contribution in [2.24, 2.45) is 5.73 Å². The Morgan fingerprint density at radius 2 is 1.04 bits per heavy atom. The Morgan fingerprint density at radius 1 is 0.674 bits per heavy atom. The molecule has 0 spiro atoms. The van der Waals surface area contributed by atoms with Gasteiger partial charge in [0.05, 0.1) is 26.4 Å². The van der Waals surface area contributed by atoms with Gasteiger partial charge in [-0.25, -0.2) is 0 Å². The molecule has 0 unspecified atom stereocenters. The lowest BCUT2D eigenvalue weighted by Crippen LogP contribution is -2.44. The Balaban J connectivity index is 0.000000384. The predicted molar refractivity (Wildman–Crippen MR) is 184 cm³/mol. The number of likely N-dealkylation sites (tertiary alicyclic amines) is 1. The molecule has 12 heteroatoms. The van der Waals surface area contributed by atoms with E-state index in [1.54, 1.807) is 27.7 Å². The van der Waals surface area contributed by atoms with Crippen LogP contribution in [0.3, 0.4) is 0 Å². The van der Waals surface area contributed by atoms with E-state index < -0.39 is 0 Å². The molecular formula is C34H48Br2N2O8. The van der Waals surface area contributed by atoms with Crippen molar-refractivity contribution < 1.29 is 38.1 Å². The Morgan fingerprint density at radius 3 is 1.37 bits per heavy atom. The molecule has 0 saturated carbocycles. The molecule has 0 aliphatic carbocycles. The van der Waals surface area contributed by atoms with Crippen LogP contribution >= 0.6 is 31.9 Å². The van der Waals surface area contributed by atoms with E-state index in [1.807, 2.05) is 65.6 Å². The SMILES string of the molecule is CCOC(=O)[C@H](Br)CC[C@H](Br)C(=O)OCC.CCOC(=O)[C@H]1CC[C@@H](C(=O)OCC)N1Cc1ccccc1.NCc1ccccc1. The van der Waals surface area contributed by atoms with Crippen molar-refractivity contribution in [3.8, 4) is 0 Å². The molecule has 1 heterocycles. The van der Waals surface area contributed by atoms with E-state index in [1.165, 1.54) is 5.56 Å². The maximum absolute atomic E-state index is 12.2. The molecule has 2 aromatic carbocycles. The number of carbonyl (C=O) groups is 4.